The van der Waals surface area contributed by atoms with Crippen LogP contribution in [0.4, 0.5) is 11.4 Å². The molecule has 0 unspecified atom stereocenters. The summed E-state index contributed by atoms with van der Waals surface area (Å²) in [4.78, 5) is 14.9. The quantitative estimate of drug-likeness (QED) is 0.845. The average Bonchev–Trinajstić information content (AvgIpc) is 3.17. The first-order chi connectivity index (χ1) is 12.4. The van der Waals surface area contributed by atoms with E-state index in [0.29, 0.717) is 19.4 Å². The molecule has 1 aromatic rings. The minimum absolute atomic E-state index is 0.113. The van der Waals surface area contributed by atoms with Crippen molar-refractivity contribution in [2.45, 2.75) is 25.7 Å². The number of piperidine rings is 1. The Hall–Kier alpha value is -1.64. The van der Waals surface area contributed by atoms with E-state index in [2.05, 4.69) is 10.2 Å². The first kappa shape index (κ1) is 19.1. The molecule has 2 fully saturated rings. The summed E-state index contributed by atoms with van der Waals surface area (Å²) in [5, 5.41) is 2.94. The Morgan fingerprint density at radius 1 is 1.08 bits per heavy atom. The summed E-state index contributed by atoms with van der Waals surface area (Å²) in [6.45, 7) is 2.88. The van der Waals surface area contributed by atoms with E-state index in [9.17, 15) is 13.2 Å². The molecule has 0 radical (unpaired) electrons. The number of rotatable bonds is 5. The van der Waals surface area contributed by atoms with Gasteiger partial charge in [0.25, 0.3) is 10.2 Å². The smallest absolute Gasteiger partial charge is 0.281 e. The fourth-order valence-electron chi connectivity index (χ4n) is 3.57. The number of benzene rings is 1. The SMILES string of the molecule is CN(C)S(=O)(=O)N1CCC[C@H](C(=O)Nc2ccc(N3CCCC3)cc2)C1. The molecular weight excluding hydrogens is 352 g/mol. The van der Waals surface area contributed by atoms with Crippen molar-refractivity contribution in [1.82, 2.24) is 8.61 Å². The van der Waals surface area contributed by atoms with Gasteiger partial charge in [-0.25, -0.2) is 0 Å². The molecule has 0 saturated carbocycles. The lowest BCUT2D eigenvalue weighted by Gasteiger charge is -2.32. The Balaban J connectivity index is 1.60. The van der Waals surface area contributed by atoms with Gasteiger partial charge >= 0.3 is 0 Å². The molecule has 1 amide bonds. The van der Waals surface area contributed by atoms with Gasteiger partial charge in [-0.15, -0.1) is 0 Å². The molecule has 2 saturated heterocycles. The van der Waals surface area contributed by atoms with E-state index in [1.807, 2.05) is 24.3 Å². The van der Waals surface area contributed by atoms with Crippen LogP contribution in [-0.2, 0) is 15.0 Å². The maximum Gasteiger partial charge on any atom is 0.281 e. The summed E-state index contributed by atoms with van der Waals surface area (Å²) < 4.78 is 27.2. The third-order valence-corrected chi connectivity index (χ3v) is 7.06. The van der Waals surface area contributed by atoms with Crippen molar-refractivity contribution in [2.75, 3.05) is 50.5 Å². The molecule has 2 aliphatic heterocycles. The molecule has 144 valence electrons. The van der Waals surface area contributed by atoms with Crippen molar-refractivity contribution in [2.24, 2.45) is 5.92 Å². The van der Waals surface area contributed by atoms with Crippen molar-refractivity contribution >= 4 is 27.5 Å². The maximum absolute atomic E-state index is 12.6. The predicted molar refractivity (Wildman–Crippen MR) is 103 cm³/mol. The average molecular weight is 381 g/mol. The van der Waals surface area contributed by atoms with E-state index in [-0.39, 0.29) is 18.4 Å². The highest BCUT2D eigenvalue weighted by Gasteiger charge is 2.33. The van der Waals surface area contributed by atoms with Crippen molar-refractivity contribution < 1.29 is 13.2 Å². The zero-order valence-corrected chi connectivity index (χ0v) is 16.3. The van der Waals surface area contributed by atoms with Gasteiger partial charge in [-0.05, 0) is 49.9 Å². The van der Waals surface area contributed by atoms with Crippen molar-refractivity contribution in [1.29, 1.82) is 0 Å². The Bertz CT molecular complexity index is 727. The fourth-order valence-corrected chi connectivity index (χ4v) is 4.76. The molecule has 2 aliphatic rings. The van der Waals surface area contributed by atoms with Crippen LogP contribution in [0.25, 0.3) is 0 Å². The number of carbonyl (C=O) groups is 1. The Labute approximate surface area is 156 Å². The van der Waals surface area contributed by atoms with Crippen LogP contribution in [0.5, 0.6) is 0 Å². The van der Waals surface area contributed by atoms with Crippen LogP contribution in [-0.4, -0.2) is 63.2 Å². The van der Waals surface area contributed by atoms with Gasteiger partial charge < -0.3 is 10.2 Å². The molecule has 3 rings (SSSR count). The second-order valence-corrected chi connectivity index (χ2v) is 9.36. The first-order valence-corrected chi connectivity index (χ1v) is 10.6. The summed E-state index contributed by atoms with van der Waals surface area (Å²) in [7, 11) is -0.444. The molecule has 0 aliphatic carbocycles. The molecule has 1 aromatic carbocycles. The van der Waals surface area contributed by atoms with Crippen LogP contribution >= 0.6 is 0 Å². The summed E-state index contributed by atoms with van der Waals surface area (Å²) in [5.41, 5.74) is 1.94. The first-order valence-electron chi connectivity index (χ1n) is 9.21. The van der Waals surface area contributed by atoms with Gasteiger partial charge in [-0.3, -0.25) is 4.79 Å². The summed E-state index contributed by atoms with van der Waals surface area (Å²) >= 11 is 0. The fraction of sp³-hybridized carbons (Fsp3) is 0.611. The highest BCUT2D eigenvalue weighted by molar-refractivity contribution is 7.86. The number of hydrogen-bond acceptors (Lipinski definition) is 4. The van der Waals surface area contributed by atoms with E-state index < -0.39 is 10.2 Å². The van der Waals surface area contributed by atoms with Gasteiger partial charge in [0.2, 0.25) is 5.91 Å². The van der Waals surface area contributed by atoms with E-state index in [1.165, 1.54) is 41.2 Å². The van der Waals surface area contributed by atoms with Gasteiger partial charge in [0.05, 0.1) is 5.92 Å². The Morgan fingerprint density at radius 3 is 2.35 bits per heavy atom. The monoisotopic (exact) mass is 380 g/mol. The van der Waals surface area contributed by atoms with Gasteiger partial charge in [0, 0.05) is 51.6 Å². The lowest BCUT2D eigenvalue weighted by molar-refractivity contribution is -0.120. The zero-order chi connectivity index (χ0) is 18.7. The third-order valence-electron chi connectivity index (χ3n) is 5.15. The number of amides is 1. The number of nitrogens with zero attached hydrogens (tertiary/aromatic N) is 3. The Morgan fingerprint density at radius 2 is 1.73 bits per heavy atom. The standard InChI is InChI=1S/C18H28N4O3S/c1-20(2)26(24,25)22-13-5-6-15(14-22)18(23)19-16-7-9-17(10-8-16)21-11-3-4-12-21/h7-10,15H,3-6,11-14H2,1-2H3,(H,19,23)/t15-/m0/s1. The summed E-state index contributed by atoms with van der Waals surface area (Å²) in [6, 6.07) is 7.90. The van der Waals surface area contributed by atoms with E-state index in [1.54, 1.807) is 0 Å². The number of nitrogens with one attached hydrogen (secondary N) is 1. The second kappa shape index (κ2) is 7.94. The van der Waals surface area contributed by atoms with Gasteiger partial charge in [-0.2, -0.15) is 17.0 Å². The zero-order valence-electron chi connectivity index (χ0n) is 15.5. The summed E-state index contributed by atoms with van der Waals surface area (Å²) in [6.07, 6.45) is 3.86. The van der Waals surface area contributed by atoms with Crippen molar-refractivity contribution in [3.63, 3.8) is 0 Å². The van der Waals surface area contributed by atoms with Crippen molar-refractivity contribution in [3.8, 4) is 0 Å². The molecular formula is C18H28N4O3S. The molecule has 1 N–H and O–H groups in total. The van der Waals surface area contributed by atoms with Crippen LogP contribution in [0.1, 0.15) is 25.7 Å². The maximum atomic E-state index is 12.6. The van der Waals surface area contributed by atoms with Crippen LogP contribution in [0.15, 0.2) is 24.3 Å². The lowest BCUT2D eigenvalue weighted by Crippen LogP contribution is -2.47. The van der Waals surface area contributed by atoms with E-state index in [4.69, 9.17) is 0 Å². The van der Waals surface area contributed by atoms with Crippen molar-refractivity contribution in [3.05, 3.63) is 24.3 Å². The Kier molecular flexibility index (Phi) is 5.84. The van der Waals surface area contributed by atoms with Crippen LogP contribution in [0.2, 0.25) is 0 Å². The van der Waals surface area contributed by atoms with Crippen LogP contribution in [0, 0.1) is 5.92 Å². The molecule has 0 bridgehead atoms. The van der Waals surface area contributed by atoms with Gasteiger partial charge in [0.15, 0.2) is 0 Å². The molecule has 0 aromatic heterocycles. The highest BCUT2D eigenvalue weighted by Crippen LogP contribution is 2.24. The molecule has 1 atom stereocenters. The lowest BCUT2D eigenvalue weighted by atomic mass is 9.98. The molecule has 8 heteroatoms. The van der Waals surface area contributed by atoms with E-state index in [0.717, 1.165) is 18.8 Å². The minimum atomic E-state index is -3.47. The second-order valence-electron chi connectivity index (χ2n) is 7.22. The summed E-state index contributed by atoms with van der Waals surface area (Å²) in [5.74, 6) is -0.436. The predicted octanol–water partition coefficient (Wildman–Crippen LogP) is 1.74. The normalized spacial score (nSPS) is 22.0. The molecule has 0 spiro atoms. The van der Waals surface area contributed by atoms with Gasteiger partial charge in [-0.1, -0.05) is 0 Å². The number of hydrogen-bond donors (Lipinski definition) is 1. The molecule has 2 heterocycles. The third kappa shape index (κ3) is 4.19. The topological polar surface area (TPSA) is 73.0 Å². The molecule has 7 nitrogen and oxygen atoms in total. The number of carbonyl (C=O) groups excluding carboxylic acids is 1. The minimum Gasteiger partial charge on any atom is -0.372 e. The highest BCUT2D eigenvalue weighted by atomic mass is 32.2. The molecule has 26 heavy (non-hydrogen) atoms. The number of anilines is 2. The van der Waals surface area contributed by atoms with Crippen LogP contribution in [0.3, 0.4) is 0 Å². The van der Waals surface area contributed by atoms with Crippen LogP contribution < -0.4 is 10.2 Å². The largest absolute Gasteiger partial charge is 0.372 e. The van der Waals surface area contributed by atoms with E-state index >= 15 is 0 Å². The van der Waals surface area contributed by atoms with Gasteiger partial charge in [0.1, 0.15) is 0 Å².